The van der Waals surface area contributed by atoms with Crippen LogP contribution in [-0.4, -0.2) is 38.3 Å². The Hall–Kier alpha value is -0.970. The maximum absolute atomic E-state index is 13.3. The van der Waals surface area contributed by atoms with E-state index in [0.717, 1.165) is 38.1 Å². The van der Waals surface area contributed by atoms with Crippen LogP contribution < -0.4 is 5.73 Å². The van der Waals surface area contributed by atoms with Crippen molar-refractivity contribution in [2.24, 2.45) is 11.7 Å². The Bertz CT molecular complexity index is 391. The third kappa shape index (κ3) is 3.75. The lowest BCUT2D eigenvalue weighted by Gasteiger charge is -2.37. The number of benzene rings is 1. The standard InChI is InChI=1S/C15H23FN2O/c1-19-11-12-5-7-18(8-6-12)15(10-17)13-3-2-4-14(16)9-13/h2-4,9,12,15H,5-8,10-11,17H2,1H3. The second-order valence-electron chi connectivity index (χ2n) is 5.24. The average Bonchev–Trinajstić information content (AvgIpc) is 2.42. The molecule has 2 rings (SSSR count). The molecule has 1 saturated heterocycles. The molecule has 1 aromatic rings. The summed E-state index contributed by atoms with van der Waals surface area (Å²) in [7, 11) is 1.75. The smallest absolute Gasteiger partial charge is 0.123 e. The van der Waals surface area contributed by atoms with Gasteiger partial charge in [-0.1, -0.05) is 12.1 Å². The second-order valence-corrected chi connectivity index (χ2v) is 5.24. The summed E-state index contributed by atoms with van der Waals surface area (Å²) in [6, 6.07) is 6.91. The molecule has 0 aromatic heterocycles. The zero-order chi connectivity index (χ0) is 13.7. The Morgan fingerprint density at radius 3 is 2.74 bits per heavy atom. The van der Waals surface area contributed by atoms with Crippen molar-refractivity contribution < 1.29 is 9.13 Å². The number of hydrogen-bond donors (Lipinski definition) is 1. The van der Waals surface area contributed by atoms with Crippen molar-refractivity contribution in [1.29, 1.82) is 0 Å². The third-order valence-electron chi connectivity index (χ3n) is 3.95. The van der Waals surface area contributed by atoms with Crippen LogP contribution in [0.4, 0.5) is 4.39 Å². The number of piperidine rings is 1. The maximum Gasteiger partial charge on any atom is 0.123 e. The van der Waals surface area contributed by atoms with Crippen LogP contribution in [0.25, 0.3) is 0 Å². The molecule has 3 nitrogen and oxygen atoms in total. The normalized spacial score (nSPS) is 19.5. The van der Waals surface area contributed by atoms with Crippen LogP contribution in [0.3, 0.4) is 0 Å². The highest BCUT2D eigenvalue weighted by Gasteiger charge is 2.25. The quantitative estimate of drug-likeness (QED) is 0.888. The van der Waals surface area contributed by atoms with E-state index in [1.165, 1.54) is 6.07 Å². The number of ether oxygens (including phenoxy) is 1. The molecule has 0 amide bonds. The summed E-state index contributed by atoms with van der Waals surface area (Å²) in [6.07, 6.45) is 2.25. The Balaban J connectivity index is 1.99. The molecule has 2 N–H and O–H groups in total. The molecule has 19 heavy (non-hydrogen) atoms. The van der Waals surface area contributed by atoms with E-state index < -0.39 is 0 Å². The highest BCUT2D eigenvalue weighted by molar-refractivity contribution is 5.20. The highest BCUT2D eigenvalue weighted by atomic mass is 19.1. The van der Waals surface area contributed by atoms with Crippen LogP contribution in [0, 0.1) is 11.7 Å². The predicted octanol–water partition coefficient (Wildman–Crippen LogP) is 2.18. The van der Waals surface area contributed by atoms with Gasteiger partial charge in [0.1, 0.15) is 5.82 Å². The van der Waals surface area contributed by atoms with Crippen LogP contribution in [0.5, 0.6) is 0 Å². The van der Waals surface area contributed by atoms with Gasteiger partial charge in [-0.25, -0.2) is 4.39 Å². The van der Waals surface area contributed by atoms with Gasteiger partial charge in [-0.05, 0) is 49.5 Å². The Labute approximate surface area is 114 Å². The first-order valence-electron chi connectivity index (χ1n) is 6.93. The first kappa shape index (κ1) is 14.4. The predicted molar refractivity (Wildman–Crippen MR) is 74.4 cm³/mol. The monoisotopic (exact) mass is 266 g/mol. The largest absolute Gasteiger partial charge is 0.384 e. The molecule has 1 heterocycles. The summed E-state index contributed by atoms with van der Waals surface area (Å²) in [5.41, 5.74) is 6.87. The van der Waals surface area contributed by atoms with Crippen molar-refractivity contribution in [3.05, 3.63) is 35.6 Å². The van der Waals surface area contributed by atoms with Gasteiger partial charge in [0.25, 0.3) is 0 Å². The molecule has 0 aliphatic carbocycles. The lowest BCUT2D eigenvalue weighted by atomic mass is 9.95. The van der Waals surface area contributed by atoms with Crippen LogP contribution >= 0.6 is 0 Å². The minimum atomic E-state index is -0.190. The van der Waals surface area contributed by atoms with Crippen molar-refractivity contribution in [3.8, 4) is 0 Å². The molecule has 0 radical (unpaired) electrons. The molecule has 106 valence electrons. The fraction of sp³-hybridized carbons (Fsp3) is 0.600. The number of halogens is 1. The van der Waals surface area contributed by atoms with Crippen molar-refractivity contribution in [2.45, 2.75) is 18.9 Å². The molecular weight excluding hydrogens is 243 g/mol. The Morgan fingerprint density at radius 2 is 2.16 bits per heavy atom. The fourth-order valence-electron chi connectivity index (χ4n) is 2.88. The zero-order valence-electron chi connectivity index (χ0n) is 11.5. The van der Waals surface area contributed by atoms with Crippen LogP contribution in [0.15, 0.2) is 24.3 Å². The van der Waals surface area contributed by atoms with Gasteiger partial charge >= 0.3 is 0 Å². The summed E-state index contributed by atoms with van der Waals surface area (Å²) in [4.78, 5) is 2.36. The van der Waals surface area contributed by atoms with E-state index in [0.29, 0.717) is 12.5 Å². The minimum Gasteiger partial charge on any atom is -0.384 e. The summed E-state index contributed by atoms with van der Waals surface area (Å²) < 4.78 is 18.5. The number of nitrogens with two attached hydrogens (primary N) is 1. The molecule has 1 aliphatic rings. The van der Waals surface area contributed by atoms with E-state index in [1.54, 1.807) is 19.2 Å². The van der Waals surface area contributed by atoms with Crippen molar-refractivity contribution in [3.63, 3.8) is 0 Å². The Kier molecular flexibility index (Phi) is 5.31. The van der Waals surface area contributed by atoms with Gasteiger partial charge in [-0.3, -0.25) is 4.90 Å². The second kappa shape index (κ2) is 6.98. The van der Waals surface area contributed by atoms with Gasteiger partial charge in [-0.15, -0.1) is 0 Å². The summed E-state index contributed by atoms with van der Waals surface area (Å²) in [5.74, 6) is 0.456. The number of likely N-dealkylation sites (tertiary alicyclic amines) is 1. The number of nitrogens with zero attached hydrogens (tertiary/aromatic N) is 1. The van der Waals surface area contributed by atoms with Crippen molar-refractivity contribution >= 4 is 0 Å². The summed E-state index contributed by atoms with van der Waals surface area (Å²) >= 11 is 0. The van der Waals surface area contributed by atoms with Crippen molar-refractivity contribution in [2.75, 3.05) is 33.4 Å². The molecular formula is C15H23FN2O. The number of rotatable bonds is 5. The molecule has 0 bridgehead atoms. The van der Waals surface area contributed by atoms with E-state index in [-0.39, 0.29) is 11.9 Å². The van der Waals surface area contributed by atoms with Gasteiger partial charge in [0.2, 0.25) is 0 Å². The van der Waals surface area contributed by atoms with E-state index in [4.69, 9.17) is 10.5 Å². The lowest BCUT2D eigenvalue weighted by Crippen LogP contribution is -2.40. The van der Waals surface area contributed by atoms with Gasteiger partial charge in [0, 0.05) is 26.3 Å². The lowest BCUT2D eigenvalue weighted by molar-refractivity contribution is 0.0810. The molecule has 4 heteroatoms. The molecule has 1 aliphatic heterocycles. The Morgan fingerprint density at radius 1 is 1.42 bits per heavy atom. The first-order chi connectivity index (χ1) is 9.24. The minimum absolute atomic E-state index is 0.124. The SMILES string of the molecule is COCC1CCN(C(CN)c2cccc(F)c2)CC1. The highest BCUT2D eigenvalue weighted by Crippen LogP contribution is 2.26. The van der Waals surface area contributed by atoms with Gasteiger partial charge in [0.05, 0.1) is 0 Å². The average molecular weight is 266 g/mol. The molecule has 1 unspecified atom stereocenters. The van der Waals surface area contributed by atoms with Crippen molar-refractivity contribution in [1.82, 2.24) is 4.90 Å². The summed E-state index contributed by atoms with van der Waals surface area (Å²) in [5, 5.41) is 0. The van der Waals surface area contributed by atoms with Gasteiger partial charge < -0.3 is 10.5 Å². The van der Waals surface area contributed by atoms with Gasteiger partial charge in [-0.2, -0.15) is 0 Å². The van der Waals surface area contributed by atoms with Crippen LogP contribution in [-0.2, 0) is 4.74 Å². The summed E-state index contributed by atoms with van der Waals surface area (Å²) in [6.45, 7) is 3.37. The number of hydrogen-bond acceptors (Lipinski definition) is 3. The first-order valence-corrected chi connectivity index (χ1v) is 6.93. The zero-order valence-corrected chi connectivity index (χ0v) is 11.5. The third-order valence-corrected chi connectivity index (χ3v) is 3.95. The topological polar surface area (TPSA) is 38.5 Å². The van der Waals surface area contributed by atoms with E-state index >= 15 is 0 Å². The van der Waals surface area contributed by atoms with E-state index in [1.807, 2.05) is 6.07 Å². The van der Waals surface area contributed by atoms with Crippen LogP contribution in [0.1, 0.15) is 24.4 Å². The molecule has 0 spiro atoms. The maximum atomic E-state index is 13.3. The van der Waals surface area contributed by atoms with Crippen LogP contribution in [0.2, 0.25) is 0 Å². The molecule has 1 aromatic carbocycles. The molecule has 1 atom stereocenters. The van der Waals surface area contributed by atoms with E-state index in [2.05, 4.69) is 4.90 Å². The fourth-order valence-corrected chi connectivity index (χ4v) is 2.88. The van der Waals surface area contributed by atoms with E-state index in [9.17, 15) is 4.39 Å². The molecule has 1 fully saturated rings. The molecule has 0 saturated carbocycles. The van der Waals surface area contributed by atoms with Gasteiger partial charge in [0.15, 0.2) is 0 Å². The number of methoxy groups -OCH3 is 1.